The number of aromatic carboxylic acids is 1. The lowest BCUT2D eigenvalue weighted by molar-refractivity contribution is -0.385. The number of carboxylic acids is 1. The second-order valence-electron chi connectivity index (χ2n) is 3.96. The smallest absolute Gasteiger partial charge is 0.335 e. The third-order valence-corrected chi connectivity index (χ3v) is 2.51. The first-order valence-electron chi connectivity index (χ1n) is 5.79. The Labute approximate surface area is 118 Å². The predicted molar refractivity (Wildman–Crippen MR) is 75.5 cm³/mol. The van der Waals surface area contributed by atoms with E-state index in [0.29, 0.717) is 11.4 Å². The molecule has 2 rings (SSSR count). The van der Waals surface area contributed by atoms with E-state index in [9.17, 15) is 14.9 Å². The molecule has 1 aromatic carbocycles. The minimum Gasteiger partial charge on any atom is -0.478 e. The van der Waals surface area contributed by atoms with Gasteiger partial charge in [0.2, 0.25) is 0 Å². The maximum Gasteiger partial charge on any atom is 0.335 e. The van der Waals surface area contributed by atoms with Crippen molar-refractivity contribution < 1.29 is 14.8 Å². The molecular formula is C13H10N4O4. The standard InChI is InChI=1S/C13H10N4O4/c18-13(19)10-3-1-9(2-4-10)7-15-16-12-6-5-11(8-14-12)17(20)21/h1-8H,(H,14,16)(H,18,19)/b15-7+. The molecular weight excluding hydrogens is 276 g/mol. The molecule has 0 fully saturated rings. The van der Waals surface area contributed by atoms with Gasteiger partial charge in [-0.2, -0.15) is 5.10 Å². The summed E-state index contributed by atoms with van der Waals surface area (Å²) in [5, 5.41) is 23.1. The molecule has 1 aromatic heterocycles. The number of carbonyl (C=O) groups is 1. The van der Waals surface area contributed by atoms with Gasteiger partial charge in [-0.1, -0.05) is 12.1 Å². The third kappa shape index (κ3) is 3.83. The molecule has 21 heavy (non-hydrogen) atoms. The Bertz CT molecular complexity index is 680. The van der Waals surface area contributed by atoms with E-state index in [1.165, 1.54) is 30.5 Å². The summed E-state index contributed by atoms with van der Waals surface area (Å²) in [4.78, 5) is 24.4. The highest BCUT2D eigenvalue weighted by atomic mass is 16.6. The van der Waals surface area contributed by atoms with Crippen molar-refractivity contribution in [3.63, 3.8) is 0 Å². The van der Waals surface area contributed by atoms with Crippen molar-refractivity contribution in [2.75, 3.05) is 5.43 Å². The number of hydrogen-bond donors (Lipinski definition) is 2. The first-order valence-corrected chi connectivity index (χ1v) is 5.79. The molecule has 0 saturated carbocycles. The van der Waals surface area contributed by atoms with E-state index in [2.05, 4.69) is 15.5 Å². The van der Waals surface area contributed by atoms with Crippen molar-refractivity contribution in [2.45, 2.75) is 0 Å². The number of aromatic nitrogens is 1. The summed E-state index contributed by atoms with van der Waals surface area (Å²) in [6.45, 7) is 0. The van der Waals surface area contributed by atoms with Gasteiger partial charge in [-0.15, -0.1) is 0 Å². The van der Waals surface area contributed by atoms with E-state index in [0.717, 1.165) is 6.20 Å². The van der Waals surface area contributed by atoms with Gasteiger partial charge in [0.05, 0.1) is 16.7 Å². The molecule has 1 heterocycles. The van der Waals surface area contributed by atoms with Crippen molar-refractivity contribution in [1.29, 1.82) is 0 Å². The Morgan fingerprint density at radius 1 is 1.29 bits per heavy atom. The van der Waals surface area contributed by atoms with Crippen LogP contribution in [0, 0.1) is 10.1 Å². The molecule has 0 saturated heterocycles. The molecule has 0 aliphatic rings. The summed E-state index contributed by atoms with van der Waals surface area (Å²) in [5.74, 6) is -0.634. The number of nitrogens with one attached hydrogen (secondary N) is 1. The lowest BCUT2D eigenvalue weighted by Crippen LogP contribution is -1.97. The number of benzene rings is 1. The predicted octanol–water partition coefficient (Wildman–Crippen LogP) is 2.13. The molecule has 0 aliphatic carbocycles. The summed E-state index contributed by atoms with van der Waals surface area (Å²) in [7, 11) is 0. The molecule has 0 amide bonds. The largest absolute Gasteiger partial charge is 0.478 e. The second-order valence-corrected chi connectivity index (χ2v) is 3.96. The number of nitro groups is 1. The average Bonchev–Trinajstić information content (AvgIpc) is 2.48. The van der Waals surface area contributed by atoms with E-state index in [1.807, 2.05) is 0 Å². The maximum absolute atomic E-state index is 10.7. The fourth-order valence-electron chi connectivity index (χ4n) is 1.44. The van der Waals surface area contributed by atoms with Crippen LogP contribution in [-0.4, -0.2) is 27.2 Å². The summed E-state index contributed by atoms with van der Waals surface area (Å²) in [6, 6.07) is 8.90. The van der Waals surface area contributed by atoms with Gasteiger partial charge >= 0.3 is 5.97 Å². The molecule has 0 spiro atoms. The van der Waals surface area contributed by atoms with E-state index >= 15 is 0 Å². The molecule has 0 atom stereocenters. The number of hydrazone groups is 1. The zero-order chi connectivity index (χ0) is 15.2. The molecule has 106 valence electrons. The minimum atomic E-state index is -0.994. The number of pyridine rings is 1. The zero-order valence-corrected chi connectivity index (χ0v) is 10.6. The van der Waals surface area contributed by atoms with Gasteiger partial charge in [-0.05, 0) is 23.8 Å². The fourth-order valence-corrected chi connectivity index (χ4v) is 1.44. The summed E-state index contributed by atoms with van der Waals surface area (Å²) in [6.07, 6.45) is 2.61. The van der Waals surface area contributed by atoms with Gasteiger partial charge in [0, 0.05) is 6.07 Å². The highest BCUT2D eigenvalue weighted by Crippen LogP contribution is 2.11. The van der Waals surface area contributed by atoms with Crippen molar-refractivity contribution in [1.82, 2.24) is 4.98 Å². The van der Waals surface area contributed by atoms with Crippen LogP contribution < -0.4 is 5.43 Å². The lowest BCUT2D eigenvalue weighted by atomic mass is 10.1. The van der Waals surface area contributed by atoms with Crippen LogP contribution >= 0.6 is 0 Å². The van der Waals surface area contributed by atoms with Gasteiger partial charge in [0.1, 0.15) is 12.0 Å². The Hall–Kier alpha value is -3.29. The van der Waals surface area contributed by atoms with Crippen molar-refractivity contribution in [3.05, 3.63) is 63.8 Å². The molecule has 0 radical (unpaired) electrons. The highest BCUT2D eigenvalue weighted by Gasteiger charge is 2.04. The van der Waals surface area contributed by atoms with Crippen LogP contribution in [0.15, 0.2) is 47.7 Å². The minimum absolute atomic E-state index is 0.103. The number of rotatable bonds is 5. The first kappa shape index (κ1) is 14.1. The van der Waals surface area contributed by atoms with Crippen molar-refractivity contribution >= 4 is 23.7 Å². The number of hydrogen-bond acceptors (Lipinski definition) is 6. The normalized spacial score (nSPS) is 10.5. The van der Waals surface area contributed by atoms with Gasteiger partial charge in [0.15, 0.2) is 0 Å². The summed E-state index contributed by atoms with van der Waals surface area (Å²) < 4.78 is 0. The first-order chi connectivity index (χ1) is 10.1. The monoisotopic (exact) mass is 286 g/mol. The Morgan fingerprint density at radius 2 is 2.00 bits per heavy atom. The van der Waals surface area contributed by atoms with Crippen LogP contribution in [0.2, 0.25) is 0 Å². The van der Waals surface area contributed by atoms with Crippen LogP contribution in [0.25, 0.3) is 0 Å². The SMILES string of the molecule is O=C(O)c1ccc(/C=N/Nc2ccc([N+](=O)[O-])cn2)cc1. The maximum atomic E-state index is 10.7. The van der Waals surface area contributed by atoms with E-state index < -0.39 is 10.9 Å². The van der Waals surface area contributed by atoms with Gasteiger partial charge in [-0.25, -0.2) is 9.78 Å². The average molecular weight is 286 g/mol. The van der Waals surface area contributed by atoms with Crippen LogP contribution in [0.3, 0.4) is 0 Å². The number of anilines is 1. The molecule has 8 nitrogen and oxygen atoms in total. The molecule has 0 aliphatic heterocycles. The molecule has 0 bridgehead atoms. The Morgan fingerprint density at radius 3 is 2.52 bits per heavy atom. The van der Waals surface area contributed by atoms with Crippen LogP contribution in [0.5, 0.6) is 0 Å². The summed E-state index contributed by atoms with van der Waals surface area (Å²) in [5.41, 5.74) is 3.41. The topological polar surface area (TPSA) is 118 Å². The second kappa shape index (κ2) is 6.24. The molecule has 2 aromatic rings. The summed E-state index contributed by atoms with van der Waals surface area (Å²) >= 11 is 0. The van der Waals surface area contributed by atoms with Crippen LogP contribution in [-0.2, 0) is 0 Å². The third-order valence-electron chi connectivity index (χ3n) is 2.51. The molecule has 0 unspecified atom stereocenters. The van der Waals surface area contributed by atoms with E-state index in [4.69, 9.17) is 5.11 Å². The number of carboxylic acid groups (broad SMARTS) is 1. The van der Waals surface area contributed by atoms with Crippen molar-refractivity contribution in [2.24, 2.45) is 5.10 Å². The van der Waals surface area contributed by atoms with Crippen LogP contribution in [0.1, 0.15) is 15.9 Å². The van der Waals surface area contributed by atoms with E-state index in [1.54, 1.807) is 12.1 Å². The van der Waals surface area contributed by atoms with Crippen LogP contribution in [0.4, 0.5) is 11.5 Å². The Kier molecular flexibility index (Phi) is 4.20. The highest BCUT2D eigenvalue weighted by molar-refractivity contribution is 5.89. The number of nitrogens with zero attached hydrogens (tertiary/aromatic N) is 3. The van der Waals surface area contributed by atoms with Crippen molar-refractivity contribution in [3.8, 4) is 0 Å². The van der Waals surface area contributed by atoms with Gasteiger partial charge < -0.3 is 5.11 Å². The van der Waals surface area contributed by atoms with E-state index in [-0.39, 0.29) is 11.3 Å². The Balaban J connectivity index is 1.98. The fraction of sp³-hybridized carbons (Fsp3) is 0. The van der Waals surface area contributed by atoms with Gasteiger partial charge in [0.25, 0.3) is 5.69 Å². The molecule has 8 heteroatoms. The zero-order valence-electron chi connectivity index (χ0n) is 10.6. The lowest BCUT2D eigenvalue weighted by Gasteiger charge is -1.99. The quantitative estimate of drug-likeness (QED) is 0.494. The molecule has 2 N–H and O–H groups in total. The van der Waals surface area contributed by atoms with Gasteiger partial charge in [-0.3, -0.25) is 15.5 Å².